The maximum atomic E-state index is 12.7. The number of benzene rings is 1. The number of aryl methyl sites for hydroxylation is 1. The molecule has 0 saturated carbocycles. The van der Waals surface area contributed by atoms with E-state index in [4.69, 9.17) is 11.6 Å². The molecule has 0 saturated heterocycles. The minimum absolute atomic E-state index is 0.00822. The van der Waals surface area contributed by atoms with Crippen molar-refractivity contribution < 1.29 is 4.79 Å². The summed E-state index contributed by atoms with van der Waals surface area (Å²) < 4.78 is 1.91. The van der Waals surface area contributed by atoms with Crippen molar-refractivity contribution in [1.82, 2.24) is 14.5 Å². The Morgan fingerprint density at radius 2 is 1.96 bits per heavy atom. The second-order valence-electron chi connectivity index (χ2n) is 5.62. The molecule has 0 spiro atoms. The van der Waals surface area contributed by atoms with Crippen molar-refractivity contribution in [3.63, 3.8) is 0 Å². The number of carbonyl (C=O) groups is 1. The number of pyridine rings is 1. The summed E-state index contributed by atoms with van der Waals surface area (Å²) in [5, 5.41) is 1.65. The second kappa shape index (κ2) is 6.42. The number of carbonyl (C=O) groups excluding carboxylic acids is 1. The van der Waals surface area contributed by atoms with Crippen LogP contribution in [0.15, 0.2) is 48.8 Å². The predicted molar refractivity (Wildman–Crippen MR) is 92.8 cm³/mol. The number of fused-ring (bicyclic) bond motifs is 1. The minimum Gasteiger partial charge on any atom is -0.340 e. The van der Waals surface area contributed by atoms with Gasteiger partial charge in [0.1, 0.15) is 5.69 Å². The van der Waals surface area contributed by atoms with E-state index in [-0.39, 0.29) is 5.91 Å². The molecule has 1 amide bonds. The summed E-state index contributed by atoms with van der Waals surface area (Å²) in [6, 6.07) is 11.5. The van der Waals surface area contributed by atoms with Crippen LogP contribution in [0.3, 0.4) is 0 Å². The number of amides is 1. The Morgan fingerprint density at radius 1 is 1.22 bits per heavy atom. The monoisotopic (exact) mass is 327 g/mol. The van der Waals surface area contributed by atoms with Crippen LogP contribution in [-0.4, -0.2) is 34.0 Å². The molecule has 0 aliphatic heterocycles. The van der Waals surface area contributed by atoms with E-state index in [2.05, 4.69) is 4.98 Å². The van der Waals surface area contributed by atoms with Gasteiger partial charge in [-0.3, -0.25) is 9.78 Å². The number of aromatic nitrogens is 2. The van der Waals surface area contributed by atoms with Crippen LogP contribution >= 0.6 is 11.6 Å². The molecule has 1 aromatic carbocycles. The van der Waals surface area contributed by atoms with Gasteiger partial charge in [0.25, 0.3) is 5.91 Å². The molecule has 118 valence electrons. The lowest BCUT2D eigenvalue weighted by atomic mass is 10.2. The summed E-state index contributed by atoms with van der Waals surface area (Å²) in [6.45, 7) is 0.658. The SMILES string of the molecule is CN(CCc1ccncc1)C(=O)c1cc2cc(Cl)ccc2n1C. The zero-order chi connectivity index (χ0) is 16.4. The van der Waals surface area contributed by atoms with E-state index in [1.54, 1.807) is 17.3 Å². The molecular formula is C18H18ClN3O. The van der Waals surface area contributed by atoms with Gasteiger partial charge in [-0.15, -0.1) is 0 Å². The van der Waals surface area contributed by atoms with Crippen LogP contribution in [0.2, 0.25) is 5.02 Å². The Morgan fingerprint density at radius 3 is 2.70 bits per heavy atom. The van der Waals surface area contributed by atoms with Gasteiger partial charge in [0.2, 0.25) is 0 Å². The highest BCUT2D eigenvalue weighted by Crippen LogP contribution is 2.23. The Balaban J connectivity index is 1.78. The maximum absolute atomic E-state index is 12.7. The summed E-state index contributed by atoms with van der Waals surface area (Å²) in [5.74, 6) is 0.00822. The van der Waals surface area contributed by atoms with Gasteiger partial charge in [0.05, 0.1) is 0 Å². The largest absolute Gasteiger partial charge is 0.340 e. The molecule has 0 bridgehead atoms. The fourth-order valence-electron chi connectivity index (χ4n) is 2.67. The molecule has 2 heterocycles. The van der Waals surface area contributed by atoms with E-state index in [9.17, 15) is 4.79 Å². The summed E-state index contributed by atoms with van der Waals surface area (Å²) in [6.07, 6.45) is 4.34. The van der Waals surface area contributed by atoms with Crippen LogP contribution < -0.4 is 0 Å². The molecule has 3 rings (SSSR count). The molecule has 0 radical (unpaired) electrons. The molecule has 2 aromatic heterocycles. The Kier molecular flexibility index (Phi) is 4.35. The molecule has 5 heteroatoms. The Labute approximate surface area is 140 Å². The predicted octanol–water partition coefficient (Wildman–Crippen LogP) is 3.54. The molecule has 0 N–H and O–H groups in total. The number of hydrogen-bond acceptors (Lipinski definition) is 2. The molecule has 0 unspecified atom stereocenters. The molecule has 3 aromatic rings. The van der Waals surface area contributed by atoms with E-state index in [1.807, 2.05) is 55.1 Å². The summed E-state index contributed by atoms with van der Waals surface area (Å²) >= 11 is 6.03. The van der Waals surface area contributed by atoms with Gasteiger partial charge >= 0.3 is 0 Å². The molecule has 0 atom stereocenters. The van der Waals surface area contributed by atoms with Crippen molar-refractivity contribution in [3.05, 3.63) is 65.1 Å². The van der Waals surface area contributed by atoms with Crippen molar-refractivity contribution in [3.8, 4) is 0 Å². The molecule has 0 fully saturated rings. The van der Waals surface area contributed by atoms with Crippen LogP contribution in [0.1, 0.15) is 16.1 Å². The fourth-order valence-corrected chi connectivity index (χ4v) is 2.85. The normalized spacial score (nSPS) is 10.9. The first-order chi connectivity index (χ1) is 11.1. The van der Waals surface area contributed by atoms with Crippen LogP contribution in [0.5, 0.6) is 0 Å². The molecule has 4 nitrogen and oxygen atoms in total. The number of rotatable bonds is 4. The van der Waals surface area contributed by atoms with Crippen molar-refractivity contribution in [2.45, 2.75) is 6.42 Å². The first kappa shape index (κ1) is 15.6. The lowest BCUT2D eigenvalue weighted by Gasteiger charge is -2.17. The smallest absolute Gasteiger partial charge is 0.270 e. The lowest BCUT2D eigenvalue weighted by molar-refractivity contribution is 0.0787. The van der Waals surface area contributed by atoms with Gasteiger partial charge < -0.3 is 9.47 Å². The number of hydrogen-bond donors (Lipinski definition) is 0. The Hall–Kier alpha value is -2.33. The van der Waals surface area contributed by atoms with Gasteiger partial charge in [-0.2, -0.15) is 0 Å². The topological polar surface area (TPSA) is 38.1 Å². The standard InChI is InChI=1S/C18H18ClN3O/c1-21(10-7-13-5-8-20-9-6-13)18(23)17-12-14-11-15(19)3-4-16(14)22(17)2/h3-6,8-9,11-12H,7,10H2,1-2H3. The van der Waals surface area contributed by atoms with Gasteiger partial charge in [-0.25, -0.2) is 0 Å². The third kappa shape index (κ3) is 3.22. The molecular weight excluding hydrogens is 310 g/mol. The third-order valence-corrected chi connectivity index (χ3v) is 4.29. The maximum Gasteiger partial charge on any atom is 0.270 e. The molecule has 0 aliphatic rings. The van der Waals surface area contributed by atoms with E-state index in [0.717, 1.165) is 17.3 Å². The zero-order valence-electron chi connectivity index (χ0n) is 13.2. The Bertz CT molecular complexity index is 842. The van der Waals surface area contributed by atoms with Gasteiger partial charge in [0, 0.05) is 49.0 Å². The van der Waals surface area contributed by atoms with Crippen molar-refractivity contribution >= 4 is 28.4 Å². The molecule has 23 heavy (non-hydrogen) atoms. The first-order valence-electron chi connectivity index (χ1n) is 7.45. The van der Waals surface area contributed by atoms with E-state index >= 15 is 0 Å². The number of halogens is 1. The van der Waals surface area contributed by atoms with Crippen molar-refractivity contribution in [2.75, 3.05) is 13.6 Å². The average Bonchev–Trinajstić information content (AvgIpc) is 2.89. The summed E-state index contributed by atoms with van der Waals surface area (Å²) in [7, 11) is 3.73. The average molecular weight is 328 g/mol. The second-order valence-corrected chi connectivity index (χ2v) is 6.06. The van der Waals surface area contributed by atoms with E-state index in [0.29, 0.717) is 17.3 Å². The van der Waals surface area contributed by atoms with Gasteiger partial charge in [0.15, 0.2) is 0 Å². The van der Waals surface area contributed by atoms with E-state index in [1.165, 1.54) is 5.56 Å². The number of nitrogens with zero attached hydrogens (tertiary/aromatic N) is 3. The highest BCUT2D eigenvalue weighted by molar-refractivity contribution is 6.31. The summed E-state index contributed by atoms with van der Waals surface area (Å²) in [5.41, 5.74) is 2.84. The first-order valence-corrected chi connectivity index (χ1v) is 7.83. The molecule has 0 aliphatic carbocycles. The fraction of sp³-hybridized carbons (Fsp3) is 0.222. The van der Waals surface area contributed by atoms with Crippen LogP contribution in [0.25, 0.3) is 10.9 Å². The zero-order valence-corrected chi connectivity index (χ0v) is 13.9. The van der Waals surface area contributed by atoms with E-state index < -0.39 is 0 Å². The number of likely N-dealkylation sites (N-methyl/N-ethyl adjacent to an activating group) is 1. The highest BCUT2D eigenvalue weighted by atomic mass is 35.5. The van der Waals surface area contributed by atoms with Crippen LogP contribution in [0, 0.1) is 0 Å². The summed E-state index contributed by atoms with van der Waals surface area (Å²) in [4.78, 5) is 18.5. The van der Waals surface area contributed by atoms with Crippen LogP contribution in [0.4, 0.5) is 0 Å². The quantitative estimate of drug-likeness (QED) is 0.735. The van der Waals surface area contributed by atoms with Crippen LogP contribution in [-0.2, 0) is 13.5 Å². The highest BCUT2D eigenvalue weighted by Gasteiger charge is 2.17. The minimum atomic E-state index is 0.00822. The third-order valence-electron chi connectivity index (χ3n) is 4.06. The van der Waals surface area contributed by atoms with Crippen molar-refractivity contribution in [1.29, 1.82) is 0 Å². The van der Waals surface area contributed by atoms with Gasteiger partial charge in [-0.1, -0.05) is 11.6 Å². The lowest BCUT2D eigenvalue weighted by Crippen LogP contribution is -2.30. The van der Waals surface area contributed by atoms with Gasteiger partial charge in [-0.05, 0) is 48.4 Å². The van der Waals surface area contributed by atoms with Crippen molar-refractivity contribution in [2.24, 2.45) is 7.05 Å².